The number of benzene rings is 1. The van der Waals surface area contributed by atoms with Crippen molar-refractivity contribution in [3.63, 3.8) is 0 Å². The monoisotopic (exact) mass is 519 g/mol. The number of aryl methyl sites for hydroxylation is 1. The molecule has 0 spiro atoms. The molecule has 2 N–H and O–H groups in total. The number of β-amino-alcohol motifs (C(OH)–C–C–N with tert-alkyl or cyclic N) is 1. The molecular weight excluding hydrogens is 489 g/mol. The molecule has 13 nitrogen and oxygen atoms in total. The number of carbonyl (C=O) groups excluding carboxylic acids is 2. The number of aromatic nitrogens is 2. The maximum absolute atomic E-state index is 15.0. The molecule has 2 aromatic rings. The van der Waals surface area contributed by atoms with Crippen molar-refractivity contribution >= 4 is 29.2 Å². The van der Waals surface area contributed by atoms with Crippen LogP contribution < -0.4 is 15.1 Å². The van der Waals surface area contributed by atoms with E-state index >= 15 is 4.39 Å². The molecule has 2 saturated heterocycles. The summed E-state index contributed by atoms with van der Waals surface area (Å²) in [5.41, 5.74) is 0.790. The number of aliphatic hydroxyl groups is 1. The van der Waals surface area contributed by atoms with E-state index in [2.05, 4.69) is 10.3 Å². The molecule has 0 bridgehead atoms. The van der Waals surface area contributed by atoms with Crippen LogP contribution in [0.1, 0.15) is 12.7 Å². The first-order valence-corrected chi connectivity index (χ1v) is 12.0. The summed E-state index contributed by atoms with van der Waals surface area (Å²) in [5.74, 6) is -0.394. The summed E-state index contributed by atoms with van der Waals surface area (Å²) in [6, 6.07) is 4.59. The third-order valence-corrected chi connectivity index (χ3v) is 6.49. The molecule has 0 aliphatic carbocycles. The second kappa shape index (κ2) is 11.1. The van der Waals surface area contributed by atoms with Gasteiger partial charge in [0.15, 0.2) is 5.82 Å². The summed E-state index contributed by atoms with van der Waals surface area (Å²) in [4.78, 5) is 43.2. The van der Waals surface area contributed by atoms with Crippen LogP contribution in [0.4, 0.5) is 26.4 Å². The van der Waals surface area contributed by atoms with E-state index in [1.165, 1.54) is 28.7 Å². The summed E-state index contributed by atoms with van der Waals surface area (Å²) in [6.45, 7) is 6.01. The first-order valence-electron chi connectivity index (χ1n) is 12.0. The summed E-state index contributed by atoms with van der Waals surface area (Å²) in [6.07, 6.45) is -0.751. The van der Waals surface area contributed by atoms with Gasteiger partial charge in [0.25, 0.3) is 0 Å². The number of cyclic esters (lactones) is 1. The van der Waals surface area contributed by atoms with Gasteiger partial charge < -0.3 is 30.2 Å². The quantitative estimate of drug-likeness (QED) is 0.364. The van der Waals surface area contributed by atoms with E-state index in [4.69, 9.17) is 4.74 Å². The number of hydrogen-bond acceptors (Lipinski definition) is 9. The van der Waals surface area contributed by atoms with E-state index in [1.807, 2.05) is 9.80 Å². The van der Waals surface area contributed by atoms with Gasteiger partial charge in [-0.3, -0.25) is 14.6 Å². The normalized spacial score (nSPS) is 19.1. The highest BCUT2D eigenvalue weighted by atomic mass is 19.1. The lowest BCUT2D eigenvalue weighted by Crippen LogP contribution is -2.49. The molecule has 1 aromatic heterocycles. The van der Waals surface area contributed by atoms with Crippen LogP contribution in [-0.4, -0.2) is 94.5 Å². The Morgan fingerprint density at radius 1 is 1.32 bits per heavy atom. The lowest BCUT2D eigenvalue weighted by molar-refractivity contribution is -0.392. The Labute approximate surface area is 212 Å². The van der Waals surface area contributed by atoms with Crippen LogP contribution in [0.5, 0.6) is 0 Å². The van der Waals surface area contributed by atoms with Gasteiger partial charge in [-0.05, 0) is 23.1 Å². The fraction of sp³-hybridized carbons (Fsp3) is 0.522. The SMILES string of the molecule is CC(=O)NC[C@H]1CN(c2ccc(N3CCN(CC(O)Cn4c([N+](=O)[O-])cnc4C)CC3)c(F)c2)C(=O)O1. The number of rotatable bonds is 9. The van der Waals surface area contributed by atoms with Gasteiger partial charge in [0, 0.05) is 46.6 Å². The number of amides is 2. The Morgan fingerprint density at radius 3 is 2.70 bits per heavy atom. The summed E-state index contributed by atoms with van der Waals surface area (Å²) in [5, 5.41) is 24.3. The maximum atomic E-state index is 15.0. The molecule has 2 atom stereocenters. The van der Waals surface area contributed by atoms with Gasteiger partial charge in [0.2, 0.25) is 5.91 Å². The molecule has 2 fully saturated rings. The van der Waals surface area contributed by atoms with Crippen molar-refractivity contribution in [1.82, 2.24) is 19.8 Å². The third-order valence-electron chi connectivity index (χ3n) is 6.49. The Balaban J connectivity index is 1.30. The smallest absolute Gasteiger partial charge is 0.414 e. The number of nitrogens with one attached hydrogen (secondary N) is 1. The second-order valence-corrected chi connectivity index (χ2v) is 9.16. The predicted molar refractivity (Wildman–Crippen MR) is 131 cm³/mol. The first-order chi connectivity index (χ1) is 17.6. The lowest BCUT2D eigenvalue weighted by atomic mass is 10.2. The Bertz CT molecular complexity index is 1170. The maximum Gasteiger partial charge on any atom is 0.414 e. The minimum atomic E-state index is -0.830. The average Bonchev–Trinajstić information content (AvgIpc) is 3.40. The topological polar surface area (TPSA) is 146 Å². The van der Waals surface area contributed by atoms with Gasteiger partial charge >= 0.3 is 11.9 Å². The standard InChI is InChI=1S/C23H30FN7O6/c1-15-25-11-22(31(35)36)29(15)13-18(33)12-27-5-7-28(8-6-27)21-4-3-17(9-20(21)24)30-14-19(37-23(30)34)10-26-16(2)32/h3-4,9,11,18-19,33H,5-8,10,12-14H2,1-2H3,(H,26,32)/t18?,19-/m0/s1. The van der Waals surface area contributed by atoms with Crippen LogP contribution >= 0.6 is 0 Å². The number of carbonyl (C=O) groups is 2. The van der Waals surface area contributed by atoms with Crippen molar-refractivity contribution in [2.75, 3.05) is 55.6 Å². The number of nitro groups is 1. The van der Waals surface area contributed by atoms with E-state index in [0.717, 1.165) is 0 Å². The second-order valence-electron chi connectivity index (χ2n) is 9.16. The van der Waals surface area contributed by atoms with Crippen LogP contribution in [0.3, 0.4) is 0 Å². The predicted octanol–water partition coefficient (Wildman–Crippen LogP) is 0.883. The minimum Gasteiger partial charge on any atom is -0.442 e. The molecule has 2 amide bonds. The fourth-order valence-electron chi connectivity index (χ4n) is 4.58. The third kappa shape index (κ3) is 6.14. The van der Waals surface area contributed by atoms with E-state index in [0.29, 0.717) is 49.9 Å². The molecule has 0 radical (unpaired) electrons. The number of anilines is 2. The van der Waals surface area contributed by atoms with E-state index in [-0.39, 0.29) is 31.4 Å². The highest BCUT2D eigenvalue weighted by Crippen LogP contribution is 2.28. The van der Waals surface area contributed by atoms with Gasteiger partial charge in [0.05, 0.1) is 24.5 Å². The Morgan fingerprint density at radius 2 is 2.05 bits per heavy atom. The number of nitrogens with zero attached hydrogens (tertiary/aromatic N) is 6. The zero-order valence-electron chi connectivity index (χ0n) is 20.7. The highest BCUT2D eigenvalue weighted by molar-refractivity contribution is 5.90. The van der Waals surface area contributed by atoms with Crippen LogP contribution in [0.2, 0.25) is 0 Å². The zero-order chi connectivity index (χ0) is 26.7. The number of ether oxygens (including phenoxy) is 1. The van der Waals surface area contributed by atoms with Gasteiger partial charge in [-0.15, -0.1) is 0 Å². The van der Waals surface area contributed by atoms with E-state index in [9.17, 15) is 24.8 Å². The van der Waals surface area contributed by atoms with Crippen LogP contribution in [0.15, 0.2) is 24.4 Å². The van der Waals surface area contributed by atoms with Crippen molar-refractivity contribution in [3.8, 4) is 0 Å². The molecule has 14 heteroatoms. The van der Waals surface area contributed by atoms with E-state index in [1.54, 1.807) is 19.1 Å². The Kier molecular flexibility index (Phi) is 7.88. The Hall–Kier alpha value is -3.78. The van der Waals surface area contributed by atoms with Crippen molar-refractivity contribution < 1.29 is 28.7 Å². The molecule has 2 aliphatic rings. The first kappa shape index (κ1) is 26.3. The molecule has 4 rings (SSSR count). The van der Waals surface area contributed by atoms with Crippen molar-refractivity contribution in [1.29, 1.82) is 0 Å². The van der Waals surface area contributed by atoms with Crippen LogP contribution in [0, 0.1) is 22.9 Å². The van der Waals surface area contributed by atoms with Gasteiger partial charge in [0.1, 0.15) is 30.8 Å². The molecule has 37 heavy (non-hydrogen) atoms. The van der Waals surface area contributed by atoms with Crippen LogP contribution in [0.25, 0.3) is 0 Å². The molecule has 0 saturated carbocycles. The number of aliphatic hydroxyl groups excluding tert-OH is 1. The van der Waals surface area contributed by atoms with Gasteiger partial charge in [-0.2, -0.15) is 0 Å². The van der Waals surface area contributed by atoms with Crippen molar-refractivity contribution in [2.24, 2.45) is 0 Å². The number of piperazine rings is 1. The molecule has 3 heterocycles. The molecule has 1 aromatic carbocycles. The lowest BCUT2D eigenvalue weighted by Gasteiger charge is -2.37. The summed E-state index contributed by atoms with van der Waals surface area (Å²) >= 11 is 0. The fourth-order valence-corrected chi connectivity index (χ4v) is 4.58. The van der Waals surface area contributed by atoms with Gasteiger partial charge in [-0.1, -0.05) is 0 Å². The van der Waals surface area contributed by atoms with Gasteiger partial charge in [-0.25, -0.2) is 18.7 Å². The molecule has 1 unspecified atom stereocenters. The average molecular weight is 520 g/mol. The molecular formula is C23H30FN7O6. The number of imidazole rings is 1. The highest BCUT2D eigenvalue weighted by Gasteiger charge is 2.33. The number of hydrogen-bond donors (Lipinski definition) is 2. The van der Waals surface area contributed by atoms with Crippen molar-refractivity contribution in [3.05, 3.63) is 46.2 Å². The summed E-state index contributed by atoms with van der Waals surface area (Å²) in [7, 11) is 0. The largest absolute Gasteiger partial charge is 0.442 e. The molecule has 2 aliphatic heterocycles. The van der Waals surface area contributed by atoms with Crippen LogP contribution in [-0.2, 0) is 16.1 Å². The molecule has 200 valence electrons. The number of halogens is 1. The zero-order valence-corrected chi connectivity index (χ0v) is 20.7. The summed E-state index contributed by atoms with van der Waals surface area (Å²) < 4.78 is 21.7. The van der Waals surface area contributed by atoms with Crippen molar-refractivity contribution in [2.45, 2.75) is 32.6 Å². The van der Waals surface area contributed by atoms with E-state index < -0.39 is 29.0 Å². The minimum absolute atomic E-state index is 0.0586.